The van der Waals surface area contributed by atoms with Gasteiger partial charge in [-0.1, -0.05) is 13.0 Å². The standard InChI is InChI=1S/C15H20N2O2S/c1-3-20-15-6-4-5-14(13(15)7-16)17-8-12(9-18)19-10-11(17)2/h4-6,11-12,18H,3,8-10H2,1-2H3. The Labute approximate surface area is 124 Å². The smallest absolute Gasteiger partial charge is 0.103 e. The fourth-order valence-corrected chi connectivity index (χ4v) is 3.19. The molecule has 2 atom stereocenters. The molecule has 0 saturated carbocycles. The van der Waals surface area contributed by atoms with Crippen molar-refractivity contribution in [1.29, 1.82) is 5.26 Å². The number of hydrogen-bond donors (Lipinski definition) is 1. The zero-order valence-corrected chi connectivity index (χ0v) is 12.7. The molecule has 0 amide bonds. The van der Waals surface area contributed by atoms with E-state index in [4.69, 9.17) is 4.74 Å². The quantitative estimate of drug-likeness (QED) is 0.863. The molecular formula is C15H20N2O2S. The third kappa shape index (κ3) is 3.09. The van der Waals surface area contributed by atoms with Gasteiger partial charge in [-0.05, 0) is 24.8 Å². The number of ether oxygens (including phenoxy) is 1. The summed E-state index contributed by atoms with van der Waals surface area (Å²) >= 11 is 1.68. The number of thioether (sulfide) groups is 1. The van der Waals surface area contributed by atoms with Crippen LogP contribution in [-0.2, 0) is 4.74 Å². The lowest BCUT2D eigenvalue weighted by atomic mass is 10.1. The second-order valence-electron chi connectivity index (χ2n) is 4.83. The van der Waals surface area contributed by atoms with Crippen LogP contribution < -0.4 is 4.90 Å². The van der Waals surface area contributed by atoms with Gasteiger partial charge in [0.15, 0.2) is 0 Å². The number of nitrogens with zero attached hydrogens (tertiary/aromatic N) is 2. The van der Waals surface area contributed by atoms with E-state index in [9.17, 15) is 10.4 Å². The molecule has 1 aromatic carbocycles. The summed E-state index contributed by atoms with van der Waals surface area (Å²) in [5.41, 5.74) is 1.67. The maximum atomic E-state index is 9.50. The Balaban J connectivity index is 2.35. The molecule has 0 aliphatic carbocycles. The molecular weight excluding hydrogens is 272 g/mol. The lowest BCUT2D eigenvalue weighted by Crippen LogP contribution is -2.49. The van der Waals surface area contributed by atoms with Crippen molar-refractivity contribution in [1.82, 2.24) is 0 Å². The first kappa shape index (κ1) is 15.2. The molecule has 108 valence electrons. The van der Waals surface area contributed by atoms with Crippen molar-refractivity contribution in [2.24, 2.45) is 0 Å². The molecule has 0 radical (unpaired) electrons. The lowest BCUT2D eigenvalue weighted by Gasteiger charge is -2.39. The van der Waals surface area contributed by atoms with Crippen molar-refractivity contribution in [3.63, 3.8) is 0 Å². The van der Waals surface area contributed by atoms with E-state index < -0.39 is 0 Å². The van der Waals surface area contributed by atoms with Gasteiger partial charge in [0.1, 0.15) is 6.07 Å². The van der Waals surface area contributed by atoms with Crippen LogP contribution in [0.15, 0.2) is 23.1 Å². The van der Waals surface area contributed by atoms with E-state index in [1.807, 2.05) is 18.2 Å². The molecule has 5 heteroatoms. The Morgan fingerprint density at radius 1 is 1.55 bits per heavy atom. The topological polar surface area (TPSA) is 56.5 Å². The Kier molecular flexibility index (Phi) is 5.30. The summed E-state index contributed by atoms with van der Waals surface area (Å²) in [5, 5.41) is 18.8. The van der Waals surface area contributed by atoms with Crippen LogP contribution in [0.2, 0.25) is 0 Å². The van der Waals surface area contributed by atoms with Gasteiger partial charge in [0.25, 0.3) is 0 Å². The van der Waals surface area contributed by atoms with Crippen LogP contribution >= 0.6 is 11.8 Å². The predicted octanol–water partition coefficient (Wildman–Crippen LogP) is 2.26. The number of benzene rings is 1. The molecule has 4 nitrogen and oxygen atoms in total. The van der Waals surface area contributed by atoms with Gasteiger partial charge in [-0.25, -0.2) is 0 Å². The zero-order valence-electron chi connectivity index (χ0n) is 11.9. The molecule has 1 saturated heterocycles. The van der Waals surface area contributed by atoms with Crippen LogP contribution in [0.3, 0.4) is 0 Å². The Hall–Kier alpha value is -1.22. The van der Waals surface area contributed by atoms with Gasteiger partial charge in [0.05, 0.1) is 30.6 Å². The van der Waals surface area contributed by atoms with E-state index in [0.29, 0.717) is 13.2 Å². The summed E-state index contributed by atoms with van der Waals surface area (Å²) in [4.78, 5) is 3.19. The van der Waals surface area contributed by atoms with E-state index in [1.165, 1.54) is 0 Å². The SMILES string of the molecule is CCSc1cccc(N2CC(CO)OCC2C)c1C#N. The summed E-state index contributed by atoms with van der Waals surface area (Å²) in [6, 6.07) is 8.50. The Bertz CT molecular complexity index is 501. The largest absolute Gasteiger partial charge is 0.394 e. The van der Waals surface area contributed by atoms with Gasteiger partial charge in [0.2, 0.25) is 0 Å². The average molecular weight is 292 g/mol. The number of morpholine rings is 1. The summed E-state index contributed by atoms with van der Waals surface area (Å²) in [7, 11) is 0. The van der Waals surface area contributed by atoms with Crippen molar-refractivity contribution in [2.75, 3.05) is 30.4 Å². The minimum atomic E-state index is -0.180. The molecule has 20 heavy (non-hydrogen) atoms. The maximum absolute atomic E-state index is 9.50. The molecule has 0 bridgehead atoms. The van der Waals surface area contributed by atoms with Crippen LogP contribution in [0, 0.1) is 11.3 Å². The van der Waals surface area contributed by atoms with Crippen LogP contribution in [0.5, 0.6) is 0 Å². The molecule has 2 rings (SSSR count). The highest BCUT2D eigenvalue weighted by molar-refractivity contribution is 7.99. The summed E-state index contributed by atoms with van der Waals surface area (Å²) in [5.74, 6) is 0.941. The van der Waals surface area contributed by atoms with E-state index in [0.717, 1.165) is 21.9 Å². The minimum Gasteiger partial charge on any atom is -0.394 e. The van der Waals surface area contributed by atoms with Crippen molar-refractivity contribution in [3.05, 3.63) is 23.8 Å². The molecule has 1 aliphatic heterocycles. The summed E-state index contributed by atoms with van der Waals surface area (Å²) in [6.45, 7) is 5.36. The number of hydrogen-bond acceptors (Lipinski definition) is 5. The molecule has 2 unspecified atom stereocenters. The molecule has 0 spiro atoms. The Morgan fingerprint density at radius 3 is 3.00 bits per heavy atom. The molecule has 1 fully saturated rings. The van der Waals surface area contributed by atoms with Crippen molar-refractivity contribution in [2.45, 2.75) is 30.9 Å². The number of anilines is 1. The third-order valence-electron chi connectivity index (χ3n) is 3.43. The van der Waals surface area contributed by atoms with E-state index in [2.05, 4.69) is 24.8 Å². The first-order chi connectivity index (χ1) is 9.71. The fourth-order valence-electron chi connectivity index (χ4n) is 2.41. The van der Waals surface area contributed by atoms with Crippen LogP contribution in [0.1, 0.15) is 19.4 Å². The van der Waals surface area contributed by atoms with Crippen LogP contribution in [-0.4, -0.2) is 42.8 Å². The van der Waals surface area contributed by atoms with Crippen molar-refractivity contribution in [3.8, 4) is 6.07 Å². The number of rotatable bonds is 4. The first-order valence-corrected chi connectivity index (χ1v) is 7.84. The van der Waals surface area contributed by atoms with Crippen LogP contribution in [0.4, 0.5) is 5.69 Å². The monoisotopic (exact) mass is 292 g/mol. The first-order valence-electron chi connectivity index (χ1n) is 6.86. The van der Waals surface area contributed by atoms with E-state index >= 15 is 0 Å². The lowest BCUT2D eigenvalue weighted by molar-refractivity contribution is -0.0103. The predicted molar refractivity (Wildman–Crippen MR) is 81.2 cm³/mol. The minimum absolute atomic E-state index is 0.00844. The van der Waals surface area contributed by atoms with Gasteiger partial charge in [-0.2, -0.15) is 5.26 Å². The van der Waals surface area contributed by atoms with Crippen molar-refractivity contribution < 1.29 is 9.84 Å². The summed E-state index contributed by atoms with van der Waals surface area (Å²) < 4.78 is 5.56. The zero-order chi connectivity index (χ0) is 14.5. The van der Waals surface area contributed by atoms with Gasteiger partial charge >= 0.3 is 0 Å². The van der Waals surface area contributed by atoms with Crippen molar-refractivity contribution >= 4 is 17.4 Å². The average Bonchev–Trinajstić information content (AvgIpc) is 2.48. The molecule has 1 N–H and O–H groups in total. The Morgan fingerprint density at radius 2 is 2.35 bits per heavy atom. The number of aliphatic hydroxyl groups excluding tert-OH is 1. The molecule has 0 aromatic heterocycles. The highest BCUT2D eigenvalue weighted by Crippen LogP contribution is 2.32. The number of nitriles is 1. The summed E-state index contributed by atoms with van der Waals surface area (Å²) in [6.07, 6.45) is -0.180. The highest BCUT2D eigenvalue weighted by atomic mass is 32.2. The highest BCUT2D eigenvalue weighted by Gasteiger charge is 2.27. The maximum Gasteiger partial charge on any atom is 0.103 e. The molecule has 1 heterocycles. The molecule has 1 aliphatic rings. The fraction of sp³-hybridized carbons (Fsp3) is 0.533. The van der Waals surface area contributed by atoms with Crippen LogP contribution in [0.25, 0.3) is 0 Å². The van der Waals surface area contributed by atoms with Gasteiger partial charge in [0, 0.05) is 17.5 Å². The van der Waals surface area contributed by atoms with Gasteiger partial charge in [-0.3, -0.25) is 0 Å². The third-order valence-corrected chi connectivity index (χ3v) is 4.37. The van der Waals surface area contributed by atoms with E-state index in [-0.39, 0.29) is 18.8 Å². The second-order valence-corrected chi connectivity index (χ2v) is 6.14. The van der Waals surface area contributed by atoms with Gasteiger partial charge in [-0.15, -0.1) is 11.8 Å². The second kappa shape index (κ2) is 6.98. The number of aliphatic hydroxyl groups is 1. The molecule has 1 aromatic rings. The van der Waals surface area contributed by atoms with Gasteiger partial charge < -0.3 is 14.7 Å². The van der Waals surface area contributed by atoms with E-state index in [1.54, 1.807) is 11.8 Å². The normalized spacial score (nSPS) is 22.6.